The summed E-state index contributed by atoms with van der Waals surface area (Å²) in [6, 6.07) is 0. The first-order valence-corrected chi connectivity index (χ1v) is 9.53. The van der Waals surface area contributed by atoms with E-state index in [-0.39, 0.29) is 0 Å². The molecule has 0 unspecified atom stereocenters. The van der Waals surface area contributed by atoms with Gasteiger partial charge < -0.3 is 0 Å². The Morgan fingerprint density at radius 3 is 2.25 bits per heavy atom. The monoisotopic (exact) mass is 354 g/mol. The molecule has 0 spiro atoms. The third-order valence-corrected chi connectivity index (χ3v) is 9.58. The second-order valence-corrected chi connectivity index (χ2v) is 9.36. The molecule has 0 aromatic rings. The van der Waals surface area contributed by atoms with E-state index in [0.717, 1.165) is 29.4 Å². The SMILES string of the molecule is CO[C@@H]1CCCC[C@H]1[Se][C@H]1CCCC[C@@H]1Br. The van der Waals surface area contributed by atoms with Crippen molar-refractivity contribution in [3.63, 3.8) is 0 Å². The van der Waals surface area contributed by atoms with E-state index >= 15 is 0 Å². The predicted octanol–water partition coefficient (Wildman–Crippen LogP) is 4.19. The number of methoxy groups -OCH3 is 1. The van der Waals surface area contributed by atoms with Crippen LogP contribution in [0, 0.1) is 0 Å². The van der Waals surface area contributed by atoms with Crippen LogP contribution in [0.1, 0.15) is 51.4 Å². The van der Waals surface area contributed by atoms with Gasteiger partial charge in [-0.05, 0) is 0 Å². The van der Waals surface area contributed by atoms with Crippen molar-refractivity contribution in [2.24, 2.45) is 0 Å². The fraction of sp³-hybridized carbons (Fsp3) is 1.00. The quantitative estimate of drug-likeness (QED) is 0.545. The van der Waals surface area contributed by atoms with Gasteiger partial charge in [-0.2, -0.15) is 0 Å². The average Bonchev–Trinajstić information content (AvgIpc) is 2.33. The zero-order chi connectivity index (χ0) is 11.4. The Kier molecular flexibility index (Phi) is 5.67. The molecule has 0 saturated heterocycles. The summed E-state index contributed by atoms with van der Waals surface area (Å²) < 4.78 is 5.68. The van der Waals surface area contributed by atoms with Crippen LogP contribution in [-0.4, -0.2) is 33.0 Å². The van der Waals surface area contributed by atoms with E-state index in [1.165, 1.54) is 51.4 Å². The van der Waals surface area contributed by atoms with Gasteiger partial charge in [0.25, 0.3) is 0 Å². The minimum atomic E-state index is 0.579. The summed E-state index contributed by atoms with van der Waals surface area (Å²) in [6.07, 6.45) is 11.9. The van der Waals surface area contributed by atoms with Gasteiger partial charge in [0.1, 0.15) is 0 Å². The first-order valence-electron chi connectivity index (χ1n) is 6.63. The molecule has 2 aliphatic rings. The second kappa shape index (κ2) is 6.78. The molecule has 0 aromatic carbocycles. The number of hydrogen-bond donors (Lipinski definition) is 0. The van der Waals surface area contributed by atoms with Crippen LogP contribution in [0.3, 0.4) is 0 Å². The van der Waals surface area contributed by atoms with Crippen molar-refractivity contribution >= 4 is 30.9 Å². The van der Waals surface area contributed by atoms with E-state index in [0.29, 0.717) is 6.10 Å². The Bertz CT molecular complexity index is 212. The predicted molar refractivity (Wildman–Crippen MR) is 73.7 cm³/mol. The number of rotatable bonds is 3. The number of ether oxygens (including phenoxy) is 1. The first-order chi connectivity index (χ1) is 7.81. The van der Waals surface area contributed by atoms with Crippen LogP contribution >= 0.6 is 15.9 Å². The first kappa shape index (κ1) is 13.4. The van der Waals surface area contributed by atoms with Gasteiger partial charge in [0.15, 0.2) is 0 Å². The van der Waals surface area contributed by atoms with Crippen LogP contribution in [-0.2, 0) is 4.74 Å². The fourth-order valence-electron chi connectivity index (χ4n) is 2.92. The van der Waals surface area contributed by atoms with Gasteiger partial charge in [-0.3, -0.25) is 0 Å². The van der Waals surface area contributed by atoms with Crippen molar-refractivity contribution in [2.45, 2.75) is 71.9 Å². The topological polar surface area (TPSA) is 9.23 Å². The molecule has 16 heavy (non-hydrogen) atoms. The summed E-state index contributed by atoms with van der Waals surface area (Å²) in [5.41, 5.74) is 0. The Morgan fingerprint density at radius 1 is 0.938 bits per heavy atom. The Labute approximate surface area is 114 Å². The Hall–Kier alpha value is 0.959. The van der Waals surface area contributed by atoms with Gasteiger partial charge in [-0.25, -0.2) is 0 Å². The van der Waals surface area contributed by atoms with Crippen LogP contribution in [0.4, 0.5) is 0 Å². The van der Waals surface area contributed by atoms with Crippen molar-refractivity contribution in [3.8, 4) is 0 Å². The molecular formula is C13H23BrOSe. The van der Waals surface area contributed by atoms with E-state index in [4.69, 9.17) is 4.74 Å². The molecule has 0 heterocycles. The van der Waals surface area contributed by atoms with E-state index in [2.05, 4.69) is 15.9 Å². The van der Waals surface area contributed by atoms with Crippen LogP contribution < -0.4 is 0 Å². The Morgan fingerprint density at radius 2 is 1.56 bits per heavy atom. The van der Waals surface area contributed by atoms with Crippen molar-refractivity contribution in [2.75, 3.05) is 7.11 Å². The van der Waals surface area contributed by atoms with Crippen LogP contribution in [0.15, 0.2) is 0 Å². The summed E-state index contributed by atoms with van der Waals surface area (Å²) in [4.78, 5) is 2.68. The van der Waals surface area contributed by atoms with E-state index in [1.54, 1.807) is 0 Å². The van der Waals surface area contributed by atoms with Gasteiger partial charge in [0.05, 0.1) is 0 Å². The fourth-order valence-corrected chi connectivity index (χ4v) is 7.90. The minimum absolute atomic E-state index is 0.579. The average molecular weight is 354 g/mol. The van der Waals surface area contributed by atoms with Gasteiger partial charge in [-0.15, -0.1) is 0 Å². The van der Waals surface area contributed by atoms with Gasteiger partial charge >= 0.3 is 115 Å². The molecule has 2 saturated carbocycles. The molecule has 2 fully saturated rings. The Balaban J connectivity index is 1.86. The zero-order valence-electron chi connectivity index (χ0n) is 10.2. The van der Waals surface area contributed by atoms with Crippen LogP contribution in [0.5, 0.6) is 0 Å². The molecule has 0 aliphatic heterocycles. The molecule has 94 valence electrons. The molecule has 0 aromatic heterocycles. The van der Waals surface area contributed by atoms with Gasteiger partial charge in [0, 0.05) is 0 Å². The summed E-state index contributed by atoms with van der Waals surface area (Å²) in [6.45, 7) is 0. The van der Waals surface area contributed by atoms with Crippen molar-refractivity contribution in [1.82, 2.24) is 0 Å². The normalized spacial score (nSPS) is 40.9. The summed E-state index contributed by atoms with van der Waals surface area (Å²) >= 11 is 4.69. The molecule has 0 amide bonds. The molecule has 0 N–H and O–H groups in total. The molecule has 0 radical (unpaired) electrons. The third-order valence-electron chi connectivity index (χ3n) is 3.92. The second-order valence-electron chi connectivity index (χ2n) is 5.07. The molecule has 3 heteroatoms. The van der Waals surface area contributed by atoms with E-state index in [1.807, 2.05) is 7.11 Å². The van der Waals surface area contributed by atoms with Crippen LogP contribution in [0.25, 0.3) is 0 Å². The maximum atomic E-state index is 5.68. The van der Waals surface area contributed by atoms with Crippen molar-refractivity contribution < 1.29 is 4.74 Å². The van der Waals surface area contributed by atoms with Gasteiger partial charge in [-0.1, -0.05) is 0 Å². The standard InChI is InChI=1S/C13H23BrOSe/c1-15-11-7-3-5-9-13(11)16-12-8-4-2-6-10(12)14/h10-13H,2-9H2,1H3/t10-,11+,12-,13+/m0/s1. The molecular weight excluding hydrogens is 331 g/mol. The summed E-state index contributed by atoms with van der Waals surface area (Å²) in [7, 11) is 1.91. The molecule has 4 atom stereocenters. The van der Waals surface area contributed by atoms with Gasteiger partial charge in [0.2, 0.25) is 0 Å². The molecule has 2 aliphatic carbocycles. The number of halogens is 1. The molecule has 0 bridgehead atoms. The van der Waals surface area contributed by atoms with Crippen LogP contribution in [0.2, 0.25) is 9.63 Å². The zero-order valence-corrected chi connectivity index (χ0v) is 13.5. The molecule has 1 nitrogen and oxygen atoms in total. The van der Waals surface area contributed by atoms with Crippen molar-refractivity contribution in [3.05, 3.63) is 0 Å². The summed E-state index contributed by atoms with van der Waals surface area (Å²) in [5, 5.41) is 0. The number of hydrogen-bond acceptors (Lipinski definition) is 1. The maximum absolute atomic E-state index is 5.68. The van der Waals surface area contributed by atoms with Crippen molar-refractivity contribution in [1.29, 1.82) is 0 Å². The van der Waals surface area contributed by atoms with E-state index < -0.39 is 0 Å². The number of alkyl halides is 1. The summed E-state index contributed by atoms with van der Waals surface area (Å²) in [5.74, 6) is 0. The molecule has 2 rings (SSSR count). The third kappa shape index (κ3) is 3.48. The van der Waals surface area contributed by atoms with E-state index in [9.17, 15) is 0 Å².